The van der Waals surface area contributed by atoms with Gasteiger partial charge in [0.2, 0.25) is 0 Å². The van der Waals surface area contributed by atoms with Crippen molar-refractivity contribution in [3.8, 4) is 11.4 Å². The monoisotopic (exact) mass is 362 g/mol. The maximum Gasteiger partial charge on any atom is 0.270 e. The number of amides is 1. The second kappa shape index (κ2) is 8.91. The first kappa shape index (κ1) is 18.5. The van der Waals surface area contributed by atoms with E-state index >= 15 is 0 Å². The van der Waals surface area contributed by atoms with Crippen LogP contribution < -0.4 is 10.6 Å². The summed E-state index contributed by atoms with van der Waals surface area (Å²) in [4.78, 5) is 21.5. The molecule has 6 heteroatoms. The number of carbonyl (C=O) groups excluding carboxylic acids is 1. The van der Waals surface area contributed by atoms with Crippen LogP contribution in [0.2, 0.25) is 0 Å². The minimum atomic E-state index is -0.265. The first-order chi connectivity index (χ1) is 13.2. The predicted octanol–water partition coefficient (Wildman–Crippen LogP) is 3.57. The van der Waals surface area contributed by atoms with E-state index in [0.717, 1.165) is 16.8 Å². The van der Waals surface area contributed by atoms with E-state index in [4.69, 9.17) is 4.74 Å². The third kappa shape index (κ3) is 5.12. The van der Waals surface area contributed by atoms with Crippen LogP contribution in [0, 0.1) is 6.92 Å². The summed E-state index contributed by atoms with van der Waals surface area (Å²) in [5.41, 5.74) is 3.18. The Morgan fingerprint density at radius 2 is 1.85 bits per heavy atom. The molecule has 138 valence electrons. The summed E-state index contributed by atoms with van der Waals surface area (Å²) >= 11 is 0. The molecule has 2 aromatic carbocycles. The van der Waals surface area contributed by atoms with Gasteiger partial charge in [0.1, 0.15) is 11.5 Å². The van der Waals surface area contributed by atoms with E-state index in [1.165, 1.54) is 0 Å². The van der Waals surface area contributed by atoms with Crippen molar-refractivity contribution in [1.29, 1.82) is 0 Å². The molecule has 0 saturated heterocycles. The predicted molar refractivity (Wildman–Crippen MR) is 106 cm³/mol. The Kier molecular flexibility index (Phi) is 6.12. The van der Waals surface area contributed by atoms with Gasteiger partial charge in [0, 0.05) is 31.0 Å². The maximum absolute atomic E-state index is 12.5. The number of methoxy groups -OCH3 is 1. The van der Waals surface area contributed by atoms with Gasteiger partial charge in [-0.2, -0.15) is 0 Å². The number of anilines is 2. The van der Waals surface area contributed by atoms with Gasteiger partial charge >= 0.3 is 0 Å². The second-order valence-corrected chi connectivity index (χ2v) is 6.07. The molecule has 2 N–H and O–H groups in total. The van der Waals surface area contributed by atoms with Crippen LogP contribution in [0.5, 0.6) is 0 Å². The molecule has 6 nitrogen and oxygen atoms in total. The summed E-state index contributed by atoms with van der Waals surface area (Å²) < 4.78 is 4.98. The molecule has 1 aromatic heterocycles. The Morgan fingerprint density at radius 3 is 2.59 bits per heavy atom. The zero-order valence-electron chi connectivity index (χ0n) is 15.4. The van der Waals surface area contributed by atoms with Gasteiger partial charge in [-0.05, 0) is 24.6 Å². The molecule has 0 atom stereocenters. The van der Waals surface area contributed by atoms with E-state index < -0.39 is 0 Å². The fourth-order valence-corrected chi connectivity index (χ4v) is 2.57. The number of hydrogen-bond acceptors (Lipinski definition) is 5. The lowest BCUT2D eigenvalue weighted by molar-refractivity contribution is 0.0932. The third-order valence-corrected chi connectivity index (χ3v) is 3.87. The van der Waals surface area contributed by atoms with Gasteiger partial charge in [-0.25, -0.2) is 9.97 Å². The van der Waals surface area contributed by atoms with Gasteiger partial charge in [0.05, 0.1) is 6.61 Å². The average molecular weight is 362 g/mol. The highest BCUT2D eigenvalue weighted by molar-refractivity contribution is 5.93. The highest BCUT2D eigenvalue weighted by Crippen LogP contribution is 2.21. The van der Waals surface area contributed by atoms with Crippen LogP contribution in [0.4, 0.5) is 11.5 Å². The molecule has 0 bridgehead atoms. The number of benzene rings is 2. The number of carbonyl (C=O) groups is 1. The molecule has 27 heavy (non-hydrogen) atoms. The lowest BCUT2D eigenvalue weighted by Crippen LogP contribution is -2.28. The average Bonchev–Trinajstić information content (AvgIpc) is 2.68. The minimum absolute atomic E-state index is 0.265. The van der Waals surface area contributed by atoms with Gasteiger partial charge in [-0.1, -0.05) is 42.5 Å². The molecule has 1 amide bonds. The van der Waals surface area contributed by atoms with E-state index in [0.29, 0.717) is 30.5 Å². The topological polar surface area (TPSA) is 76.1 Å². The Balaban J connectivity index is 1.94. The number of aromatic nitrogens is 2. The number of hydrogen-bond donors (Lipinski definition) is 2. The molecule has 0 saturated carbocycles. The normalized spacial score (nSPS) is 10.4. The Morgan fingerprint density at radius 1 is 1.04 bits per heavy atom. The van der Waals surface area contributed by atoms with Crippen molar-refractivity contribution in [2.24, 2.45) is 0 Å². The standard InChI is InChI=1S/C21H22N4O2/c1-15-7-6-10-17(13-15)23-19-14-18(21(26)22-11-12-27-2)24-20(25-19)16-8-4-3-5-9-16/h3-10,13-14H,11-12H2,1-2H3,(H,22,26)(H,23,24,25). The molecular formula is C21H22N4O2. The van der Waals surface area contributed by atoms with E-state index in [-0.39, 0.29) is 5.91 Å². The molecule has 0 unspecified atom stereocenters. The summed E-state index contributed by atoms with van der Waals surface area (Å²) in [5.74, 6) is 0.787. The van der Waals surface area contributed by atoms with Gasteiger partial charge in [0.15, 0.2) is 5.82 Å². The molecular weight excluding hydrogens is 340 g/mol. The fourth-order valence-electron chi connectivity index (χ4n) is 2.57. The Bertz CT molecular complexity index is 913. The molecule has 0 fully saturated rings. The van der Waals surface area contributed by atoms with E-state index in [9.17, 15) is 4.79 Å². The SMILES string of the molecule is COCCNC(=O)c1cc(Nc2cccc(C)c2)nc(-c2ccccc2)n1. The Labute approximate surface area is 158 Å². The summed E-state index contributed by atoms with van der Waals surface area (Å²) in [7, 11) is 1.59. The van der Waals surface area contributed by atoms with E-state index in [1.54, 1.807) is 13.2 Å². The third-order valence-electron chi connectivity index (χ3n) is 3.87. The molecule has 1 heterocycles. The van der Waals surface area contributed by atoms with Crippen LogP contribution >= 0.6 is 0 Å². The van der Waals surface area contributed by atoms with Gasteiger partial charge in [-0.3, -0.25) is 4.79 Å². The first-order valence-electron chi connectivity index (χ1n) is 8.71. The van der Waals surface area contributed by atoms with Crippen LogP contribution in [0.3, 0.4) is 0 Å². The molecule has 0 aliphatic rings. The van der Waals surface area contributed by atoms with Crippen LogP contribution in [-0.4, -0.2) is 36.1 Å². The summed E-state index contributed by atoms with van der Waals surface area (Å²) in [5, 5.41) is 6.06. The lowest BCUT2D eigenvalue weighted by Gasteiger charge is -2.11. The minimum Gasteiger partial charge on any atom is -0.383 e. The van der Waals surface area contributed by atoms with Crippen molar-refractivity contribution in [3.05, 3.63) is 71.9 Å². The highest BCUT2D eigenvalue weighted by atomic mass is 16.5. The van der Waals surface area contributed by atoms with Gasteiger partial charge in [0.25, 0.3) is 5.91 Å². The number of ether oxygens (including phenoxy) is 1. The smallest absolute Gasteiger partial charge is 0.270 e. The van der Waals surface area contributed by atoms with Crippen molar-refractivity contribution in [1.82, 2.24) is 15.3 Å². The van der Waals surface area contributed by atoms with Crippen molar-refractivity contribution < 1.29 is 9.53 Å². The van der Waals surface area contributed by atoms with E-state index in [1.807, 2.05) is 61.5 Å². The van der Waals surface area contributed by atoms with Crippen molar-refractivity contribution in [2.45, 2.75) is 6.92 Å². The van der Waals surface area contributed by atoms with Gasteiger partial charge < -0.3 is 15.4 Å². The summed E-state index contributed by atoms with van der Waals surface area (Å²) in [6.45, 7) is 2.88. The van der Waals surface area contributed by atoms with E-state index in [2.05, 4.69) is 20.6 Å². The van der Waals surface area contributed by atoms with Crippen molar-refractivity contribution in [2.75, 3.05) is 25.6 Å². The Hall–Kier alpha value is -3.25. The highest BCUT2D eigenvalue weighted by Gasteiger charge is 2.13. The number of nitrogens with zero attached hydrogens (tertiary/aromatic N) is 2. The van der Waals surface area contributed by atoms with Crippen LogP contribution in [0.15, 0.2) is 60.7 Å². The van der Waals surface area contributed by atoms with Gasteiger partial charge in [-0.15, -0.1) is 0 Å². The molecule has 0 aliphatic carbocycles. The first-order valence-corrected chi connectivity index (χ1v) is 8.71. The number of rotatable bonds is 7. The zero-order chi connectivity index (χ0) is 19.1. The largest absolute Gasteiger partial charge is 0.383 e. The molecule has 0 radical (unpaired) electrons. The second-order valence-electron chi connectivity index (χ2n) is 6.07. The van der Waals surface area contributed by atoms with Crippen molar-refractivity contribution in [3.63, 3.8) is 0 Å². The van der Waals surface area contributed by atoms with Crippen molar-refractivity contribution >= 4 is 17.4 Å². The van der Waals surface area contributed by atoms with Crippen LogP contribution in [-0.2, 0) is 4.74 Å². The molecule has 3 aromatic rings. The molecule has 0 spiro atoms. The quantitative estimate of drug-likeness (QED) is 0.629. The number of aryl methyl sites for hydroxylation is 1. The lowest BCUT2D eigenvalue weighted by atomic mass is 10.2. The maximum atomic E-state index is 12.5. The van der Waals surface area contributed by atoms with Crippen LogP contribution in [0.1, 0.15) is 16.1 Å². The zero-order valence-corrected chi connectivity index (χ0v) is 15.4. The summed E-state index contributed by atoms with van der Waals surface area (Å²) in [6, 6.07) is 19.2. The number of nitrogens with one attached hydrogen (secondary N) is 2. The molecule has 3 rings (SSSR count). The fraction of sp³-hybridized carbons (Fsp3) is 0.190. The van der Waals surface area contributed by atoms with Crippen LogP contribution in [0.25, 0.3) is 11.4 Å². The molecule has 0 aliphatic heterocycles. The summed E-state index contributed by atoms with van der Waals surface area (Å²) in [6.07, 6.45) is 0.